The van der Waals surface area contributed by atoms with E-state index in [2.05, 4.69) is 15.2 Å². The lowest BCUT2D eigenvalue weighted by molar-refractivity contribution is -0.0410. The van der Waals surface area contributed by atoms with Crippen LogP contribution in [0.3, 0.4) is 0 Å². The molecule has 1 amide bonds. The van der Waals surface area contributed by atoms with Crippen LogP contribution in [0.4, 0.5) is 4.79 Å². The number of aromatic nitrogens is 3. The Morgan fingerprint density at radius 3 is 3.33 bits per heavy atom. The molecule has 2 aromatic heterocycles. The van der Waals surface area contributed by atoms with Gasteiger partial charge in [-0.3, -0.25) is 5.10 Å². The highest BCUT2D eigenvalue weighted by Crippen LogP contribution is 2.26. The molecular weight excluding hydrogens is 300 g/mol. The van der Waals surface area contributed by atoms with Crippen molar-refractivity contribution in [1.29, 1.82) is 0 Å². The van der Waals surface area contributed by atoms with Crippen molar-refractivity contribution in [3.63, 3.8) is 0 Å². The molecule has 112 valence electrons. The van der Waals surface area contributed by atoms with Gasteiger partial charge in [-0.2, -0.15) is 5.10 Å². The van der Waals surface area contributed by atoms with Crippen LogP contribution < -0.4 is 4.74 Å². The van der Waals surface area contributed by atoms with Crippen LogP contribution in [0.2, 0.25) is 5.15 Å². The monoisotopic (exact) mass is 312 g/mol. The Labute approximate surface area is 124 Å². The van der Waals surface area contributed by atoms with Gasteiger partial charge in [0.2, 0.25) is 0 Å². The van der Waals surface area contributed by atoms with Gasteiger partial charge in [-0.1, -0.05) is 11.6 Å². The maximum atomic E-state index is 11.0. The standard InChI is InChI=1S/C12H13ClN4O4/c13-10-3-9(8-4-14-16-11(8)15-10)21-6-7-5-17(12(18)19)1-2-20-7/h3-4,7H,1-2,5-6H2,(H,18,19)(H,14,15,16). The van der Waals surface area contributed by atoms with E-state index >= 15 is 0 Å². The molecule has 1 saturated heterocycles. The highest BCUT2D eigenvalue weighted by Gasteiger charge is 2.24. The molecule has 1 unspecified atom stereocenters. The highest BCUT2D eigenvalue weighted by molar-refractivity contribution is 6.30. The fourth-order valence-corrected chi connectivity index (χ4v) is 2.35. The smallest absolute Gasteiger partial charge is 0.407 e. The Hall–Kier alpha value is -2.06. The summed E-state index contributed by atoms with van der Waals surface area (Å²) < 4.78 is 11.2. The minimum atomic E-state index is -0.951. The molecule has 1 atom stereocenters. The van der Waals surface area contributed by atoms with Crippen LogP contribution in [0.15, 0.2) is 12.3 Å². The van der Waals surface area contributed by atoms with Gasteiger partial charge in [-0.15, -0.1) is 0 Å². The van der Waals surface area contributed by atoms with Gasteiger partial charge in [0.1, 0.15) is 23.6 Å². The molecule has 2 aromatic rings. The quantitative estimate of drug-likeness (QED) is 0.830. The van der Waals surface area contributed by atoms with Crippen LogP contribution in [0.5, 0.6) is 5.75 Å². The third kappa shape index (κ3) is 3.01. The first-order valence-corrected chi connectivity index (χ1v) is 6.73. The van der Waals surface area contributed by atoms with Crippen molar-refractivity contribution in [2.45, 2.75) is 6.10 Å². The van der Waals surface area contributed by atoms with Crippen LogP contribution in [0.1, 0.15) is 0 Å². The first-order valence-electron chi connectivity index (χ1n) is 6.35. The van der Waals surface area contributed by atoms with Gasteiger partial charge in [-0.25, -0.2) is 9.78 Å². The Balaban J connectivity index is 1.69. The van der Waals surface area contributed by atoms with Crippen molar-refractivity contribution in [2.75, 3.05) is 26.3 Å². The van der Waals surface area contributed by atoms with Crippen LogP contribution in [-0.4, -0.2) is 63.7 Å². The first-order chi connectivity index (χ1) is 10.1. The van der Waals surface area contributed by atoms with Gasteiger partial charge in [0, 0.05) is 12.6 Å². The second-order valence-corrected chi connectivity index (χ2v) is 5.00. The number of H-pyrrole nitrogens is 1. The zero-order valence-electron chi connectivity index (χ0n) is 11.0. The zero-order valence-corrected chi connectivity index (χ0v) is 11.7. The van der Waals surface area contributed by atoms with Gasteiger partial charge in [-0.05, 0) is 0 Å². The van der Waals surface area contributed by atoms with Crippen LogP contribution in [-0.2, 0) is 4.74 Å². The van der Waals surface area contributed by atoms with E-state index in [0.717, 1.165) is 0 Å². The Morgan fingerprint density at radius 1 is 1.67 bits per heavy atom. The fourth-order valence-electron chi connectivity index (χ4n) is 2.17. The summed E-state index contributed by atoms with van der Waals surface area (Å²) >= 11 is 5.91. The number of nitrogens with zero attached hydrogens (tertiary/aromatic N) is 3. The summed E-state index contributed by atoms with van der Waals surface area (Å²) in [6.45, 7) is 1.24. The number of carbonyl (C=O) groups is 1. The molecule has 0 aromatic carbocycles. The maximum absolute atomic E-state index is 11.0. The molecule has 0 radical (unpaired) electrons. The molecule has 2 N–H and O–H groups in total. The summed E-state index contributed by atoms with van der Waals surface area (Å²) in [6, 6.07) is 1.59. The topological polar surface area (TPSA) is 101 Å². The van der Waals surface area contributed by atoms with E-state index in [1.165, 1.54) is 4.90 Å². The van der Waals surface area contributed by atoms with Crippen molar-refractivity contribution in [3.05, 3.63) is 17.4 Å². The number of fused-ring (bicyclic) bond motifs is 1. The van der Waals surface area contributed by atoms with E-state index < -0.39 is 6.09 Å². The number of carboxylic acid groups (broad SMARTS) is 1. The van der Waals surface area contributed by atoms with Gasteiger partial charge >= 0.3 is 6.09 Å². The molecule has 0 spiro atoms. The number of aromatic amines is 1. The van der Waals surface area contributed by atoms with Crippen molar-refractivity contribution >= 4 is 28.7 Å². The van der Waals surface area contributed by atoms with Crippen LogP contribution in [0.25, 0.3) is 11.0 Å². The minimum absolute atomic E-state index is 0.227. The number of pyridine rings is 1. The fraction of sp³-hybridized carbons (Fsp3) is 0.417. The summed E-state index contributed by atoms with van der Waals surface area (Å²) in [5.74, 6) is 0.537. The summed E-state index contributed by atoms with van der Waals surface area (Å²) in [5, 5.41) is 16.6. The van der Waals surface area contributed by atoms with E-state index in [1.54, 1.807) is 12.3 Å². The summed E-state index contributed by atoms with van der Waals surface area (Å²) in [5.41, 5.74) is 0.536. The van der Waals surface area contributed by atoms with E-state index in [4.69, 9.17) is 26.2 Å². The van der Waals surface area contributed by atoms with Gasteiger partial charge in [0.05, 0.1) is 24.7 Å². The number of hydrogen-bond donors (Lipinski definition) is 2. The Kier molecular flexibility index (Phi) is 3.80. The summed E-state index contributed by atoms with van der Waals surface area (Å²) in [7, 11) is 0. The zero-order chi connectivity index (χ0) is 14.8. The van der Waals surface area contributed by atoms with Crippen molar-refractivity contribution in [2.24, 2.45) is 0 Å². The van der Waals surface area contributed by atoms with Crippen LogP contribution >= 0.6 is 11.6 Å². The number of nitrogens with one attached hydrogen (secondary N) is 1. The molecule has 3 heterocycles. The van der Waals surface area contributed by atoms with E-state index in [9.17, 15) is 4.79 Å². The maximum Gasteiger partial charge on any atom is 0.407 e. The minimum Gasteiger partial charge on any atom is -0.490 e. The number of morpholine rings is 1. The molecule has 1 aliphatic heterocycles. The predicted octanol–water partition coefficient (Wildman–Crippen LogP) is 1.37. The van der Waals surface area contributed by atoms with Gasteiger partial charge < -0.3 is 19.5 Å². The molecule has 1 aliphatic rings. The number of ether oxygens (including phenoxy) is 2. The average molecular weight is 313 g/mol. The average Bonchev–Trinajstić information content (AvgIpc) is 2.93. The molecule has 21 heavy (non-hydrogen) atoms. The lowest BCUT2D eigenvalue weighted by atomic mass is 10.3. The second kappa shape index (κ2) is 5.74. The molecule has 3 rings (SSSR count). The van der Waals surface area contributed by atoms with E-state index in [0.29, 0.717) is 35.1 Å². The first kappa shape index (κ1) is 13.9. The lowest BCUT2D eigenvalue weighted by Gasteiger charge is -2.30. The third-order valence-electron chi connectivity index (χ3n) is 3.19. The van der Waals surface area contributed by atoms with Gasteiger partial charge in [0.25, 0.3) is 0 Å². The highest BCUT2D eigenvalue weighted by atomic mass is 35.5. The number of amides is 1. The largest absolute Gasteiger partial charge is 0.490 e. The van der Waals surface area contributed by atoms with Crippen LogP contribution in [0, 0.1) is 0 Å². The van der Waals surface area contributed by atoms with Gasteiger partial charge in [0.15, 0.2) is 5.65 Å². The molecule has 9 heteroatoms. The lowest BCUT2D eigenvalue weighted by Crippen LogP contribution is -2.47. The SMILES string of the molecule is O=C(O)N1CCOC(COc2cc(Cl)nc3[nH]ncc23)C1. The molecule has 0 aliphatic carbocycles. The Morgan fingerprint density at radius 2 is 2.52 bits per heavy atom. The third-order valence-corrected chi connectivity index (χ3v) is 3.38. The number of halogens is 1. The predicted molar refractivity (Wildman–Crippen MR) is 73.7 cm³/mol. The summed E-state index contributed by atoms with van der Waals surface area (Å²) in [6.07, 6.45) is 0.329. The molecule has 0 saturated carbocycles. The van der Waals surface area contributed by atoms with E-state index in [-0.39, 0.29) is 19.3 Å². The molecular formula is C12H13ClN4O4. The normalized spacial score (nSPS) is 18.9. The Bertz CT molecular complexity index is 662. The number of rotatable bonds is 3. The summed E-state index contributed by atoms with van der Waals surface area (Å²) in [4.78, 5) is 16.3. The molecule has 8 nitrogen and oxygen atoms in total. The van der Waals surface area contributed by atoms with Crippen molar-refractivity contribution < 1.29 is 19.4 Å². The molecule has 1 fully saturated rings. The van der Waals surface area contributed by atoms with Crippen molar-refractivity contribution in [3.8, 4) is 5.75 Å². The van der Waals surface area contributed by atoms with E-state index in [1.807, 2.05) is 0 Å². The second-order valence-electron chi connectivity index (χ2n) is 4.61. The molecule has 0 bridgehead atoms. The van der Waals surface area contributed by atoms with Crippen molar-refractivity contribution in [1.82, 2.24) is 20.1 Å². The number of hydrogen-bond acceptors (Lipinski definition) is 5.